The second kappa shape index (κ2) is 10.6. The standard InChI is InChI=1S/C18H30FNO/c1-4-6-7-8-9-12-16(20-14-5-2)15-11-10-13-17(21-3)18(15)19/h10-11,13,16,20H,4-9,12,14H2,1-3H3. The Morgan fingerprint density at radius 1 is 1.10 bits per heavy atom. The van der Waals surface area contributed by atoms with Gasteiger partial charge in [0.25, 0.3) is 0 Å². The molecule has 21 heavy (non-hydrogen) atoms. The van der Waals surface area contributed by atoms with Crippen LogP contribution in [0, 0.1) is 5.82 Å². The molecule has 0 fully saturated rings. The fraction of sp³-hybridized carbons (Fsp3) is 0.667. The van der Waals surface area contributed by atoms with Crippen molar-refractivity contribution in [2.45, 2.75) is 64.8 Å². The van der Waals surface area contributed by atoms with Gasteiger partial charge in [-0.2, -0.15) is 0 Å². The minimum atomic E-state index is -0.220. The summed E-state index contributed by atoms with van der Waals surface area (Å²) in [4.78, 5) is 0. The summed E-state index contributed by atoms with van der Waals surface area (Å²) in [5.41, 5.74) is 0.735. The molecule has 0 aliphatic heterocycles. The Bertz CT molecular complexity index is 395. The molecule has 1 aromatic rings. The van der Waals surface area contributed by atoms with Crippen molar-refractivity contribution in [1.82, 2.24) is 5.32 Å². The number of hydrogen-bond acceptors (Lipinski definition) is 2. The Morgan fingerprint density at radius 3 is 2.52 bits per heavy atom. The molecule has 0 radical (unpaired) electrons. The molecule has 0 saturated heterocycles. The van der Waals surface area contributed by atoms with E-state index in [9.17, 15) is 4.39 Å². The van der Waals surface area contributed by atoms with E-state index < -0.39 is 0 Å². The second-order valence-electron chi connectivity index (χ2n) is 5.57. The fourth-order valence-corrected chi connectivity index (χ4v) is 2.59. The average molecular weight is 295 g/mol. The van der Waals surface area contributed by atoms with Crippen molar-refractivity contribution in [2.24, 2.45) is 0 Å². The highest BCUT2D eigenvalue weighted by Crippen LogP contribution is 2.28. The van der Waals surface area contributed by atoms with Crippen LogP contribution in [0.2, 0.25) is 0 Å². The van der Waals surface area contributed by atoms with Crippen LogP contribution in [0.1, 0.15) is 70.4 Å². The van der Waals surface area contributed by atoms with Gasteiger partial charge >= 0.3 is 0 Å². The zero-order valence-corrected chi connectivity index (χ0v) is 13.8. The monoisotopic (exact) mass is 295 g/mol. The molecule has 0 saturated carbocycles. The Labute approximate surface area is 129 Å². The summed E-state index contributed by atoms with van der Waals surface area (Å²) in [6.07, 6.45) is 8.22. The number of halogens is 1. The van der Waals surface area contributed by atoms with Crippen LogP contribution in [0.15, 0.2) is 18.2 Å². The summed E-state index contributed by atoms with van der Waals surface area (Å²) in [5, 5.41) is 3.47. The van der Waals surface area contributed by atoms with Crippen LogP contribution in [0.25, 0.3) is 0 Å². The van der Waals surface area contributed by atoms with Gasteiger partial charge in [-0.05, 0) is 25.5 Å². The summed E-state index contributed by atoms with van der Waals surface area (Å²) < 4.78 is 19.5. The van der Waals surface area contributed by atoms with Crippen molar-refractivity contribution in [1.29, 1.82) is 0 Å². The van der Waals surface area contributed by atoms with Gasteiger partial charge in [-0.15, -0.1) is 0 Å². The molecule has 0 spiro atoms. The fourth-order valence-electron chi connectivity index (χ4n) is 2.59. The quantitative estimate of drug-likeness (QED) is 0.564. The molecule has 0 aromatic heterocycles. The molecule has 0 amide bonds. The van der Waals surface area contributed by atoms with Crippen LogP contribution in [-0.4, -0.2) is 13.7 Å². The van der Waals surface area contributed by atoms with E-state index in [4.69, 9.17) is 4.74 Å². The van der Waals surface area contributed by atoms with Crippen molar-refractivity contribution in [2.75, 3.05) is 13.7 Å². The lowest BCUT2D eigenvalue weighted by molar-refractivity contribution is 0.376. The zero-order chi connectivity index (χ0) is 15.5. The van der Waals surface area contributed by atoms with Gasteiger partial charge in [0.2, 0.25) is 0 Å². The molecule has 1 atom stereocenters. The molecule has 0 bridgehead atoms. The Balaban J connectivity index is 2.68. The minimum absolute atomic E-state index is 0.0849. The smallest absolute Gasteiger partial charge is 0.169 e. The maximum Gasteiger partial charge on any atom is 0.169 e. The van der Waals surface area contributed by atoms with Crippen molar-refractivity contribution in [3.05, 3.63) is 29.6 Å². The molecule has 0 heterocycles. The predicted octanol–water partition coefficient (Wildman–Crippen LogP) is 5.24. The van der Waals surface area contributed by atoms with E-state index >= 15 is 0 Å². The Hall–Kier alpha value is -1.09. The molecular formula is C18H30FNO. The lowest BCUT2D eigenvalue weighted by Crippen LogP contribution is -2.23. The van der Waals surface area contributed by atoms with Gasteiger partial charge in [-0.25, -0.2) is 4.39 Å². The second-order valence-corrected chi connectivity index (χ2v) is 5.57. The third-order valence-electron chi connectivity index (χ3n) is 3.83. The summed E-state index contributed by atoms with van der Waals surface area (Å²) in [6.45, 7) is 5.26. The van der Waals surface area contributed by atoms with Crippen LogP contribution >= 0.6 is 0 Å². The Kier molecular flexibility index (Phi) is 9.07. The van der Waals surface area contributed by atoms with Gasteiger partial charge in [0.1, 0.15) is 0 Å². The lowest BCUT2D eigenvalue weighted by Gasteiger charge is -2.20. The summed E-state index contributed by atoms with van der Waals surface area (Å²) in [6, 6.07) is 5.50. The third kappa shape index (κ3) is 6.04. The normalized spacial score (nSPS) is 12.4. The van der Waals surface area contributed by atoms with Crippen LogP contribution < -0.4 is 10.1 Å². The number of benzene rings is 1. The largest absolute Gasteiger partial charge is 0.494 e. The SMILES string of the molecule is CCCCCCCC(NCCC)c1cccc(OC)c1F. The summed E-state index contributed by atoms with van der Waals surface area (Å²) >= 11 is 0. The minimum Gasteiger partial charge on any atom is -0.494 e. The van der Waals surface area contributed by atoms with Gasteiger partial charge < -0.3 is 10.1 Å². The predicted molar refractivity (Wildman–Crippen MR) is 87.4 cm³/mol. The number of methoxy groups -OCH3 is 1. The van der Waals surface area contributed by atoms with Crippen molar-refractivity contribution in [3.63, 3.8) is 0 Å². The highest BCUT2D eigenvalue weighted by molar-refractivity contribution is 5.33. The van der Waals surface area contributed by atoms with E-state index in [0.29, 0.717) is 5.75 Å². The first-order valence-electron chi connectivity index (χ1n) is 8.30. The Morgan fingerprint density at radius 2 is 1.86 bits per heavy atom. The molecule has 3 heteroatoms. The van der Waals surface area contributed by atoms with Crippen molar-refractivity contribution in [3.8, 4) is 5.75 Å². The number of hydrogen-bond donors (Lipinski definition) is 1. The van der Waals surface area contributed by atoms with E-state index in [1.807, 2.05) is 12.1 Å². The maximum atomic E-state index is 14.4. The van der Waals surface area contributed by atoms with Crippen LogP contribution in [0.4, 0.5) is 4.39 Å². The first-order valence-corrected chi connectivity index (χ1v) is 8.30. The molecule has 120 valence electrons. The van der Waals surface area contributed by atoms with Crippen molar-refractivity contribution < 1.29 is 9.13 Å². The van der Waals surface area contributed by atoms with Crippen LogP contribution in [0.5, 0.6) is 5.75 Å². The number of rotatable bonds is 11. The number of unbranched alkanes of at least 4 members (excludes halogenated alkanes) is 4. The average Bonchev–Trinajstić information content (AvgIpc) is 2.51. The molecule has 1 rings (SSSR count). The number of nitrogens with one attached hydrogen (secondary N) is 1. The highest BCUT2D eigenvalue weighted by atomic mass is 19.1. The topological polar surface area (TPSA) is 21.3 Å². The van der Waals surface area contributed by atoms with E-state index in [2.05, 4.69) is 19.2 Å². The molecule has 1 aromatic carbocycles. The summed E-state index contributed by atoms with van der Waals surface area (Å²) in [7, 11) is 1.52. The van der Waals surface area contributed by atoms with Gasteiger partial charge in [0, 0.05) is 11.6 Å². The van der Waals surface area contributed by atoms with E-state index in [1.54, 1.807) is 6.07 Å². The number of ether oxygens (including phenoxy) is 1. The van der Waals surface area contributed by atoms with Crippen molar-refractivity contribution >= 4 is 0 Å². The molecular weight excluding hydrogens is 265 g/mol. The first kappa shape index (κ1) is 18.0. The molecule has 2 nitrogen and oxygen atoms in total. The lowest BCUT2D eigenvalue weighted by atomic mass is 9.98. The molecule has 1 unspecified atom stereocenters. The zero-order valence-electron chi connectivity index (χ0n) is 13.8. The van der Waals surface area contributed by atoms with E-state index in [1.165, 1.54) is 32.8 Å². The highest BCUT2D eigenvalue weighted by Gasteiger charge is 2.17. The molecule has 0 aliphatic carbocycles. The van der Waals surface area contributed by atoms with Gasteiger partial charge in [-0.3, -0.25) is 0 Å². The van der Waals surface area contributed by atoms with Crippen LogP contribution in [0.3, 0.4) is 0 Å². The maximum absolute atomic E-state index is 14.4. The summed E-state index contributed by atoms with van der Waals surface area (Å²) in [5.74, 6) is 0.115. The van der Waals surface area contributed by atoms with E-state index in [0.717, 1.165) is 31.4 Å². The first-order chi connectivity index (χ1) is 10.2. The van der Waals surface area contributed by atoms with Gasteiger partial charge in [0.15, 0.2) is 11.6 Å². The van der Waals surface area contributed by atoms with E-state index in [-0.39, 0.29) is 11.9 Å². The van der Waals surface area contributed by atoms with Gasteiger partial charge in [-0.1, -0.05) is 58.1 Å². The van der Waals surface area contributed by atoms with Crippen LogP contribution in [-0.2, 0) is 0 Å². The van der Waals surface area contributed by atoms with Gasteiger partial charge in [0.05, 0.1) is 7.11 Å². The molecule has 0 aliphatic rings. The molecule has 1 N–H and O–H groups in total. The third-order valence-corrected chi connectivity index (χ3v) is 3.83.